The summed E-state index contributed by atoms with van der Waals surface area (Å²) in [4.78, 5) is 53.1. The van der Waals surface area contributed by atoms with Crippen molar-refractivity contribution in [2.45, 2.75) is 51.2 Å². The zero-order valence-electron chi connectivity index (χ0n) is 20.3. The normalized spacial score (nSPS) is 13.7. The van der Waals surface area contributed by atoms with E-state index in [9.17, 15) is 24.3 Å². The van der Waals surface area contributed by atoms with Crippen LogP contribution >= 0.6 is 11.8 Å². The van der Waals surface area contributed by atoms with E-state index in [-0.39, 0.29) is 25.3 Å². The van der Waals surface area contributed by atoms with Gasteiger partial charge in [0.25, 0.3) is 0 Å². The summed E-state index contributed by atoms with van der Waals surface area (Å²) in [6, 6.07) is 4.54. The van der Waals surface area contributed by atoms with Crippen LogP contribution in [-0.4, -0.2) is 70.5 Å². The van der Waals surface area contributed by atoms with Crippen LogP contribution in [0, 0.1) is 5.92 Å². The number of fused-ring (bicyclic) bond motifs is 1. The number of thioether (sulfide) groups is 1. The van der Waals surface area contributed by atoms with E-state index in [1.165, 1.54) is 11.8 Å². The van der Waals surface area contributed by atoms with Crippen molar-refractivity contribution in [1.29, 1.82) is 0 Å². The third-order valence-corrected chi connectivity index (χ3v) is 6.15. The molecule has 3 amide bonds. The van der Waals surface area contributed by atoms with Gasteiger partial charge in [-0.15, -0.1) is 0 Å². The fourth-order valence-corrected chi connectivity index (χ4v) is 4.20. The summed E-state index contributed by atoms with van der Waals surface area (Å²) in [5, 5.41) is 18.4. The Balaban J connectivity index is 2.30. The van der Waals surface area contributed by atoms with E-state index in [1.807, 2.05) is 44.4 Å². The highest BCUT2D eigenvalue weighted by molar-refractivity contribution is 7.98. The molecule has 2 aromatic rings. The number of carbonyl (C=O) groups is 4. The molecule has 3 atom stereocenters. The summed E-state index contributed by atoms with van der Waals surface area (Å²) >= 11 is 1.52. The van der Waals surface area contributed by atoms with E-state index in [0.717, 1.165) is 16.5 Å². The molecule has 3 unspecified atom stereocenters. The highest BCUT2D eigenvalue weighted by Gasteiger charge is 2.30. The summed E-state index contributed by atoms with van der Waals surface area (Å²) in [5.41, 5.74) is 7.07. The van der Waals surface area contributed by atoms with Crippen molar-refractivity contribution in [2.24, 2.45) is 11.7 Å². The molecule has 0 spiro atoms. The van der Waals surface area contributed by atoms with E-state index in [1.54, 1.807) is 6.20 Å². The standard InChI is InChI=1S/C24H35N5O5S/c1-14(2)10-20(24(33)34)29-23(32)19(11-15-13-26-17-7-5-4-6-16(15)17)28-22(31)18(8-9-35-3)27-21(30)12-25/h4-7,13-14,18-20,26H,8-12,25H2,1-3H3,(H,27,30)(H,28,31)(H,29,32)(H,33,34). The second-order valence-corrected chi connectivity index (χ2v) is 9.75. The first kappa shape index (κ1) is 28.2. The third kappa shape index (κ3) is 8.59. The van der Waals surface area contributed by atoms with Crippen LogP contribution < -0.4 is 21.7 Å². The Bertz CT molecular complexity index is 1020. The van der Waals surface area contributed by atoms with Crippen molar-refractivity contribution >= 4 is 46.4 Å². The molecule has 0 fully saturated rings. The molecule has 192 valence electrons. The van der Waals surface area contributed by atoms with Gasteiger partial charge in [0.2, 0.25) is 17.7 Å². The fourth-order valence-electron chi connectivity index (χ4n) is 3.72. The summed E-state index contributed by atoms with van der Waals surface area (Å²) < 4.78 is 0. The molecular weight excluding hydrogens is 470 g/mol. The van der Waals surface area contributed by atoms with Gasteiger partial charge in [0.1, 0.15) is 18.1 Å². The summed E-state index contributed by atoms with van der Waals surface area (Å²) in [5.74, 6) is -2.11. The van der Waals surface area contributed by atoms with Gasteiger partial charge < -0.3 is 31.8 Å². The Hall–Kier alpha value is -3.05. The number of carboxylic acids is 1. The van der Waals surface area contributed by atoms with Gasteiger partial charge in [-0.3, -0.25) is 14.4 Å². The number of aliphatic carboxylic acids is 1. The van der Waals surface area contributed by atoms with Crippen LogP contribution in [0.2, 0.25) is 0 Å². The molecule has 0 bridgehead atoms. The number of nitrogens with two attached hydrogens (primary N) is 1. The van der Waals surface area contributed by atoms with Gasteiger partial charge in [0.15, 0.2) is 0 Å². The number of aromatic amines is 1. The van der Waals surface area contributed by atoms with Crippen LogP contribution in [0.4, 0.5) is 0 Å². The van der Waals surface area contributed by atoms with Gasteiger partial charge in [0, 0.05) is 23.5 Å². The van der Waals surface area contributed by atoms with Gasteiger partial charge in [0.05, 0.1) is 6.54 Å². The Morgan fingerprint density at radius 1 is 1.03 bits per heavy atom. The highest BCUT2D eigenvalue weighted by atomic mass is 32.2. The van der Waals surface area contributed by atoms with Crippen LogP contribution in [0.25, 0.3) is 10.9 Å². The molecule has 0 aliphatic carbocycles. The van der Waals surface area contributed by atoms with Crippen molar-refractivity contribution in [3.63, 3.8) is 0 Å². The first-order valence-electron chi connectivity index (χ1n) is 11.5. The van der Waals surface area contributed by atoms with Crippen LogP contribution in [-0.2, 0) is 25.6 Å². The first-order chi connectivity index (χ1) is 16.7. The first-order valence-corrected chi connectivity index (χ1v) is 12.9. The minimum absolute atomic E-state index is 0.0421. The number of hydrogen-bond acceptors (Lipinski definition) is 6. The second-order valence-electron chi connectivity index (χ2n) is 8.76. The van der Waals surface area contributed by atoms with E-state index >= 15 is 0 Å². The topological polar surface area (TPSA) is 166 Å². The Morgan fingerprint density at radius 2 is 1.69 bits per heavy atom. The largest absolute Gasteiger partial charge is 0.480 e. The highest BCUT2D eigenvalue weighted by Crippen LogP contribution is 2.19. The Labute approximate surface area is 209 Å². The van der Waals surface area contributed by atoms with Crippen LogP contribution in [0.3, 0.4) is 0 Å². The summed E-state index contributed by atoms with van der Waals surface area (Å²) in [6.07, 6.45) is 4.38. The lowest BCUT2D eigenvalue weighted by atomic mass is 10.0. The molecule has 0 aliphatic heterocycles. The molecule has 10 nitrogen and oxygen atoms in total. The van der Waals surface area contributed by atoms with E-state index in [0.29, 0.717) is 12.2 Å². The molecule has 1 aromatic carbocycles. The third-order valence-electron chi connectivity index (χ3n) is 5.50. The van der Waals surface area contributed by atoms with Crippen molar-refractivity contribution in [1.82, 2.24) is 20.9 Å². The minimum atomic E-state index is -1.14. The lowest BCUT2D eigenvalue weighted by Gasteiger charge is -2.25. The molecule has 0 saturated carbocycles. The Kier molecular flexibility index (Phi) is 11.1. The lowest BCUT2D eigenvalue weighted by molar-refractivity contribution is -0.142. The molecule has 0 saturated heterocycles. The molecule has 0 radical (unpaired) electrons. The maximum Gasteiger partial charge on any atom is 0.326 e. The second kappa shape index (κ2) is 13.7. The van der Waals surface area contributed by atoms with Gasteiger partial charge in [-0.2, -0.15) is 11.8 Å². The number of carbonyl (C=O) groups excluding carboxylic acids is 3. The molecular formula is C24H35N5O5S. The molecule has 2 rings (SSSR count). The van der Waals surface area contributed by atoms with Crippen LogP contribution in [0.5, 0.6) is 0 Å². The molecule has 35 heavy (non-hydrogen) atoms. The van der Waals surface area contributed by atoms with Gasteiger partial charge in [-0.25, -0.2) is 4.79 Å². The van der Waals surface area contributed by atoms with Gasteiger partial charge in [-0.05, 0) is 42.4 Å². The number of H-pyrrole nitrogens is 1. The predicted molar refractivity (Wildman–Crippen MR) is 137 cm³/mol. The molecule has 7 N–H and O–H groups in total. The molecule has 11 heteroatoms. The number of benzene rings is 1. The lowest BCUT2D eigenvalue weighted by Crippen LogP contribution is -2.57. The van der Waals surface area contributed by atoms with Crippen LogP contribution in [0.1, 0.15) is 32.3 Å². The number of rotatable bonds is 14. The number of nitrogens with one attached hydrogen (secondary N) is 4. The quantitative estimate of drug-likeness (QED) is 0.223. The number of hydrogen-bond donors (Lipinski definition) is 6. The Morgan fingerprint density at radius 3 is 2.31 bits per heavy atom. The van der Waals surface area contributed by atoms with Crippen molar-refractivity contribution < 1.29 is 24.3 Å². The number of para-hydroxylation sites is 1. The maximum absolute atomic E-state index is 13.2. The van der Waals surface area contributed by atoms with Crippen LogP contribution in [0.15, 0.2) is 30.5 Å². The van der Waals surface area contributed by atoms with E-state index < -0.39 is 41.8 Å². The van der Waals surface area contributed by atoms with Gasteiger partial charge >= 0.3 is 5.97 Å². The summed E-state index contributed by atoms with van der Waals surface area (Å²) in [6.45, 7) is 3.46. The fraction of sp³-hybridized carbons (Fsp3) is 0.500. The van der Waals surface area contributed by atoms with Crippen molar-refractivity contribution in [3.05, 3.63) is 36.0 Å². The van der Waals surface area contributed by atoms with E-state index in [2.05, 4.69) is 20.9 Å². The SMILES string of the molecule is CSCCC(NC(=O)CN)C(=O)NC(Cc1c[nH]c2ccccc12)C(=O)NC(CC(C)C)C(=O)O. The smallest absolute Gasteiger partial charge is 0.326 e. The minimum Gasteiger partial charge on any atom is -0.480 e. The van der Waals surface area contributed by atoms with Crippen molar-refractivity contribution in [3.8, 4) is 0 Å². The van der Waals surface area contributed by atoms with E-state index in [4.69, 9.17) is 5.73 Å². The average molecular weight is 506 g/mol. The molecule has 0 aliphatic rings. The number of carboxylic acid groups (broad SMARTS) is 1. The number of aromatic nitrogens is 1. The summed E-state index contributed by atoms with van der Waals surface area (Å²) in [7, 11) is 0. The zero-order valence-corrected chi connectivity index (χ0v) is 21.1. The molecule has 1 aromatic heterocycles. The monoisotopic (exact) mass is 505 g/mol. The van der Waals surface area contributed by atoms with Gasteiger partial charge in [-0.1, -0.05) is 32.0 Å². The number of amides is 3. The maximum atomic E-state index is 13.2. The zero-order chi connectivity index (χ0) is 26.0. The predicted octanol–water partition coefficient (Wildman–Crippen LogP) is 1.01. The van der Waals surface area contributed by atoms with Crippen molar-refractivity contribution in [2.75, 3.05) is 18.6 Å². The average Bonchev–Trinajstić information content (AvgIpc) is 3.22. The molecule has 1 heterocycles.